The second kappa shape index (κ2) is 8.69. The summed E-state index contributed by atoms with van der Waals surface area (Å²) in [5.74, 6) is 1.44. The molecule has 2 heterocycles. The first kappa shape index (κ1) is 21.2. The van der Waals surface area contributed by atoms with Crippen molar-refractivity contribution in [2.24, 2.45) is 5.92 Å². The third-order valence-corrected chi connectivity index (χ3v) is 7.70. The standard InChI is InChI=1S/C27H29N3OS/c1-17(2)31-25-10-7-19(13-20(25)14-28)27-29-15-26(32-27)23-6-4-5-22-21(23)8-9-24(22)30-12-11-18(3)16-30/h4-7,10,13,15,17-18,24H,8-9,11-12,16H2,1-3H3. The van der Waals surface area contributed by atoms with Crippen molar-refractivity contribution in [1.29, 1.82) is 5.26 Å². The van der Waals surface area contributed by atoms with Gasteiger partial charge in [0.15, 0.2) is 0 Å². The Morgan fingerprint density at radius 3 is 2.84 bits per heavy atom. The Kier molecular flexibility index (Phi) is 5.75. The molecule has 4 nitrogen and oxygen atoms in total. The van der Waals surface area contributed by atoms with Gasteiger partial charge in [-0.2, -0.15) is 5.26 Å². The van der Waals surface area contributed by atoms with E-state index in [0.29, 0.717) is 17.4 Å². The molecule has 1 fully saturated rings. The molecule has 3 aromatic rings. The van der Waals surface area contributed by atoms with Crippen molar-refractivity contribution >= 4 is 11.3 Å². The summed E-state index contributed by atoms with van der Waals surface area (Å²) in [6, 6.07) is 15.4. The van der Waals surface area contributed by atoms with E-state index in [-0.39, 0.29) is 6.10 Å². The number of rotatable bonds is 5. The molecule has 164 valence electrons. The average Bonchev–Trinajstić information content (AvgIpc) is 3.52. The molecule has 5 rings (SSSR count). The van der Waals surface area contributed by atoms with Crippen molar-refractivity contribution in [2.75, 3.05) is 13.1 Å². The van der Waals surface area contributed by atoms with Gasteiger partial charge in [-0.1, -0.05) is 25.1 Å². The van der Waals surface area contributed by atoms with Crippen LogP contribution in [-0.4, -0.2) is 29.1 Å². The molecule has 2 unspecified atom stereocenters. The molecule has 32 heavy (non-hydrogen) atoms. The molecule has 2 aliphatic rings. The Labute approximate surface area is 194 Å². The molecule has 0 amide bonds. The lowest BCUT2D eigenvalue weighted by molar-refractivity contribution is 0.238. The van der Waals surface area contributed by atoms with E-state index in [1.54, 1.807) is 11.3 Å². The van der Waals surface area contributed by atoms with Crippen LogP contribution >= 0.6 is 11.3 Å². The molecule has 5 heteroatoms. The highest BCUT2D eigenvalue weighted by Gasteiger charge is 2.33. The van der Waals surface area contributed by atoms with E-state index >= 15 is 0 Å². The average molecular weight is 444 g/mol. The van der Waals surface area contributed by atoms with Crippen LogP contribution in [0.2, 0.25) is 0 Å². The van der Waals surface area contributed by atoms with Gasteiger partial charge in [-0.25, -0.2) is 4.98 Å². The lowest BCUT2D eigenvalue weighted by Gasteiger charge is -2.24. The van der Waals surface area contributed by atoms with Crippen LogP contribution in [0.4, 0.5) is 0 Å². The molecule has 0 saturated carbocycles. The Morgan fingerprint density at radius 1 is 1.22 bits per heavy atom. The first-order valence-electron chi connectivity index (χ1n) is 11.6. The Morgan fingerprint density at radius 2 is 2.09 bits per heavy atom. The van der Waals surface area contributed by atoms with Crippen LogP contribution in [0, 0.1) is 17.2 Å². The van der Waals surface area contributed by atoms with E-state index in [9.17, 15) is 5.26 Å². The van der Waals surface area contributed by atoms with Gasteiger partial charge in [0.1, 0.15) is 16.8 Å². The molecule has 0 bridgehead atoms. The summed E-state index contributed by atoms with van der Waals surface area (Å²) < 4.78 is 5.77. The number of nitrogens with zero attached hydrogens (tertiary/aromatic N) is 3. The summed E-state index contributed by atoms with van der Waals surface area (Å²) in [5, 5.41) is 10.5. The third-order valence-electron chi connectivity index (χ3n) is 6.62. The van der Waals surface area contributed by atoms with E-state index in [1.165, 1.54) is 47.5 Å². The van der Waals surface area contributed by atoms with E-state index in [2.05, 4.69) is 36.1 Å². The highest BCUT2D eigenvalue weighted by Crippen LogP contribution is 2.44. The zero-order valence-electron chi connectivity index (χ0n) is 19.0. The Bertz CT molecular complexity index is 1180. The number of hydrogen-bond acceptors (Lipinski definition) is 5. The second-order valence-corrected chi connectivity index (χ2v) is 10.4. The van der Waals surface area contributed by atoms with Gasteiger partial charge in [0.25, 0.3) is 0 Å². The molecule has 2 aromatic carbocycles. The molecule has 1 aromatic heterocycles. The Balaban J connectivity index is 1.44. The second-order valence-electron chi connectivity index (χ2n) is 9.34. The topological polar surface area (TPSA) is 49.2 Å². The number of aromatic nitrogens is 1. The molecular formula is C27H29N3OS. The monoisotopic (exact) mass is 443 g/mol. The molecule has 0 radical (unpaired) electrons. The minimum atomic E-state index is 0.0344. The van der Waals surface area contributed by atoms with E-state index in [1.807, 2.05) is 38.2 Å². The molecule has 2 atom stereocenters. The Hall–Kier alpha value is -2.68. The molecular weight excluding hydrogens is 414 g/mol. The fourth-order valence-electron chi connectivity index (χ4n) is 5.13. The number of ether oxygens (including phenoxy) is 1. The summed E-state index contributed by atoms with van der Waals surface area (Å²) in [6.07, 6.45) is 5.69. The van der Waals surface area contributed by atoms with Crippen molar-refractivity contribution in [3.8, 4) is 32.8 Å². The number of likely N-dealkylation sites (tertiary alicyclic amines) is 1. The fourth-order valence-corrected chi connectivity index (χ4v) is 6.10. The zero-order chi connectivity index (χ0) is 22.2. The van der Waals surface area contributed by atoms with Gasteiger partial charge in [-0.15, -0.1) is 11.3 Å². The van der Waals surface area contributed by atoms with Crippen LogP contribution in [0.3, 0.4) is 0 Å². The van der Waals surface area contributed by atoms with Gasteiger partial charge >= 0.3 is 0 Å². The number of thiazole rings is 1. The molecule has 1 saturated heterocycles. The fraction of sp³-hybridized carbons (Fsp3) is 0.407. The maximum absolute atomic E-state index is 9.57. The third kappa shape index (κ3) is 3.94. The lowest BCUT2D eigenvalue weighted by atomic mass is 10.0. The molecule has 0 N–H and O–H groups in total. The highest BCUT2D eigenvalue weighted by atomic mass is 32.1. The van der Waals surface area contributed by atoms with E-state index in [4.69, 9.17) is 9.72 Å². The first-order valence-corrected chi connectivity index (χ1v) is 12.4. The van der Waals surface area contributed by atoms with Crippen molar-refractivity contribution < 1.29 is 4.74 Å². The summed E-state index contributed by atoms with van der Waals surface area (Å²) in [4.78, 5) is 8.60. The molecule has 1 aliphatic heterocycles. The normalized spacial score (nSPS) is 20.5. The van der Waals surface area contributed by atoms with Gasteiger partial charge in [0.2, 0.25) is 0 Å². The number of nitriles is 1. The summed E-state index contributed by atoms with van der Waals surface area (Å²) >= 11 is 1.70. The highest BCUT2D eigenvalue weighted by molar-refractivity contribution is 7.18. The largest absolute Gasteiger partial charge is 0.490 e. The number of hydrogen-bond donors (Lipinski definition) is 0. The van der Waals surface area contributed by atoms with Gasteiger partial charge in [0.05, 0.1) is 16.5 Å². The van der Waals surface area contributed by atoms with Crippen LogP contribution in [-0.2, 0) is 6.42 Å². The van der Waals surface area contributed by atoms with E-state index < -0.39 is 0 Å². The van der Waals surface area contributed by atoms with Gasteiger partial charge in [0, 0.05) is 24.3 Å². The first-order chi connectivity index (χ1) is 15.5. The SMILES string of the molecule is CC1CCN(C2CCc3c(-c4cnc(-c5ccc(OC(C)C)c(C#N)c5)s4)cccc32)C1. The van der Waals surface area contributed by atoms with Crippen LogP contribution in [0.1, 0.15) is 56.3 Å². The minimum Gasteiger partial charge on any atom is -0.490 e. The van der Waals surface area contributed by atoms with Gasteiger partial charge in [-0.05, 0) is 80.5 Å². The maximum atomic E-state index is 9.57. The predicted octanol–water partition coefficient (Wildman–Crippen LogP) is 6.47. The number of fused-ring (bicyclic) bond motifs is 1. The number of benzene rings is 2. The predicted molar refractivity (Wildman–Crippen MR) is 130 cm³/mol. The summed E-state index contributed by atoms with van der Waals surface area (Å²) in [7, 11) is 0. The molecule has 0 spiro atoms. The minimum absolute atomic E-state index is 0.0344. The van der Waals surface area contributed by atoms with Crippen LogP contribution < -0.4 is 4.74 Å². The van der Waals surface area contributed by atoms with Crippen molar-refractivity contribution in [1.82, 2.24) is 9.88 Å². The van der Waals surface area contributed by atoms with Crippen molar-refractivity contribution in [3.05, 3.63) is 59.3 Å². The van der Waals surface area contributed by atoms with Gasteiger partial charge in [-0.3, -0.25) is 4.90 Å². The smallest absolute Gasteiger partial charge is 0.137 e. The zero-order valence-corrected chi connectivity index (χ0v) is 19.8. The van der Waals surface area contributed by atoms with Crippen molar-refractivity contribution in [3.63, 3.8) is 0 Å². The summed E-state index contributed by atoms with van der Waals surface area (Å²) in [6.45, 7) is 8.74. The van der Waals surface area contributed by atoms with Crippen LogP contribution in [0.15, 0.2) is 42.6 Å². The maximum Gasteiger partial charge on any atom is 0.137 e. The van der Waals surface area contributed by atoms with E-state index in [0.717, 1.165) is 22.9 Å². The van der Waals surface area contributed by atoms with Gasteiger partial charge < -0.3 is 4.74 Å². The molecule has 1 aliphatic carbocycles. The summed E-state index contributed by atoms with van der Waals surface area (Å²) in [5.41, 5.74) is 5.84. The lowest BCUT2D eigenvalue weighted by Crippen LogP contribution is -2.24. The van der Waals surface area contributed by atoms with Crippen LogP contribution in [0.5, 0.6) is 5.75 Å². The van der Waals surface area contributed by atoms with Crippen molar-refractivity contribution in [2.45, 2.75) is 52.2 Å². The quantitative estimate of drug-likeness (QED) is 0.454. The van der Waals surface area contributed by atoms with Crippen LogP contribution in [0.25, 0.3) is 21.0 Å².